The summed E-state index contributed by atoms with van der Waals surface area (Å²) in [7, 11) is -3.66. The summed E-state index contributed by atoms with van der Waals surface area (Å²) in [5, 5.41) is 8.45. The minimum absolute atomic E-state index is 0.0533. The van der Waals surface area contributed by atoms with Crippen LogP contribution >= 0.6 is 0 Å². The maximum Gasteiger partial charge on any atom is 0.261 e. The first-order valence-electron chi connectivity index (χ1n) is 6.91. The number of nitrogens with one attached hydrogen (secondary N) is 1. The van der Waals surface area contributed by atoms with Crippen molar-refractivity contribution in [3.05, 3.63) is 53.6 Å². The van der Waals surface area contributed by atoms with E-state index in [1.807, 2.05) is 6.07 Å². The molecular formula is C16H14N2O4S. The highest BCUT2D eigenvalue weighted by atomic mass is 32.2. The lowest BCUT2D eigenvalue weighted by Crippen LogP contribution is -2.13. The number of hydrogen-bond donors (Lipinski definition) is 1. The molecule has 1 N–H and O–H groups in total. The summed E-state index contributed by atoms with van der Waals surface area (Å²) in [6.45, 7) is 0.902. The van der Waals surface area contributed by atoms with Crippen molar-refractivity contribution in [1.82, 2.24) is 0 Å². The molecule has 0 aliphatic carbocycles. The Kier molecular flexibility index (Phi) is 4.19. The van der Waals surface area contributed by atoms with Crippen molar-refractivity contribution in [2.75, 3.05) is 11.3 Å². The first kappa shape index (κ1) is 15.3. The number of fused-ring (bicyclic) bond motifs is 1. The number of anilines is 1. The number of nitrogens with zero attached hydrogens (tertiary/aromatic N) is 1. The molecule has 0 spiro atoms. The molecule has 0 radical (unpaired) electrons. The van der Waals surface area contributed by atoms with Gasteiger partial charge in [0.25, 0.3) is 10.0 Å². The zero-order valence-electron chi connectivity index (χ0n) is 12.2. The summed E-state index contributed by atoms with van der Waals surface area (Å²) in [6, 6.07) is 13.2. The average molecular weight is 330 g/mol. The molecule has 1 heterocycles. The van der Waals surface area contributed by atoms with E-state index in [9.17, 15) is 8.42 Å². The molecule has 6 nitrogen and oxygen atoms in total. The van der Waals surface area contributed by atoms with Crippen molar-refractivity contribution in [3.63, 3.8) is 0 Å². The molecule has 118 valence electrons. The molecule has 0 unspecified atom stereocenters. The van der Waals surface area contributed by atoms with Crippen LogP contribution in [0.4, 0.5) is 5.69 Å². The molecule has 3 rings (SSSR count). The van der Waals surface area contributed by atoms with Crippen LogP contribution in [0.5, 0.6) is 5.75 Å². The van der Waals surface area contributed by atoms with Gasteiger partial charge < -0.3 is 9.47 Å². The Hall–Kier alpha value is -2.56. The fourth-order valence-corrected chi connectivity index (χ4v) is 3.37. The first-order chi connectivity index (χ1) is 11.1. The Morgan fingerprint density at radius 1 is 1.13 bits per heavy atom. The van der Waals surface area contributed by atoms with Gasteiger partial charge >= 0.3 is 0 Å². The molecule has 0 aromatic heterocycles. The molecule has 1 aliphatic heterocycles. The Labute approximate surface area is 134 Å². The van der Waals surface area contributed by atoms with Gasteiger partial charge in [0.15, 0.2) is 6.61 Å². The maximum absolute atomic E-state index is 12.4. The third-order valence-electron chi connectivity index (χ3n) is 3.41. The summed E-state index contributed by atoms with van der Waals surface area (Å²) in [6.07, 6.45) is 0. The third kappa shape index (κ3) is 3.44. The Balaban J connectivity index is 1.77. The summed E-state index contributed by atoms with van der Waals surface area (Å²) >= 11 is 0. The minimum Gasteiger partial charge on any atom is -0.479 e. The van der Waals surface area contributed by atoms with Crippen molar-refractivity contribution >= 4 is 15.7 Å². The van der Waals surface area contributed by atoms with Crippen LogP contribution in [0.1, 0.15) is 11.1 Å². The second kappa shape index (κ2) is 6.28. The third-order valence-corrected chi connectivity index (χ3v) is 4.79. The van der Waals surface area contributed by atoms with Gasteiger partial charge in [-0.2, -0.15) is 5.26 Å². The molecule has 0 fully saturated rings. The number of rotatable bonds is 5. The van der Waals surface area contributed by atoms with E-state index in [1.54, 1.807) is 42.5 Å². The summed E-state index contributed by atoms with van der Waals surface area (Å²) < 4.78 is 37.8. The lowest BCUT2D eigenvalue weighted by molar-refractivity contribution is 0.134. The lowest BCUT2D eigenvalue weighted by Gasteiger charge is -2.10. The lowest BCUT2D eigenvalue weighted by atomic mass is 10.1. The normalized spacial score (nSPS) is 13.2. The molecule has 0 atom stereocenters. The van der Waals surface area contributed by atoms with Gasteiger partial charge in [0.05, 0.1) is 18.1 Å². The van der Waals surface area contributed by atoms with Crippen LogP contribution in [0.2, 0.25) is 0 Å². The van der Waals surface area contributed by atoms with E-state index in [2.05, 4.69) is 4.72 Å². The van der Waals surface area contributed by atoms with E-state index < -0.39 is 10.0 Å². The maximum atomic E-state index is 12.4. The first-order valence-corrected chi connectivity index (χ1v) is 8.39. The van der Waals surface area contributed by atoms with Crippen LogP contribution in [0.25, 0.3) is 0 Å². The second-order valence-corrected chi connectivity index (χ2v) is 6.68. The van der Waals surface area contributed by atoms with E-state index in [0.29, 0.717) is 24.7 Å². The highest BCUT2D eigenvalue weighted by molar-refractivity contribution is 7.92. The quantitative estimate of drug-likeness (QED) is 0.909. The summed E-state index contributed by atoms with van der Waals surface area (Å²) in [5.74, 6) is 0.504. The van der Waals surface area contributed by atoms with Crippen molar-refractivity contribution in [3.8, 4) is 11.8 Å². The highest BCUT2D eigenvalue weighted by Gasteiger charge is 2.18. The van der Waals surface area contributed by atoms with Gasteiger partial charge in [-0.25, -0.2) is 8.42 Å². The molecule has 0 amide bonds. The highest BCUT2D eigenvalue weighted by Crippen LogP contribution is 2.25. The monoisotopic (exact) mass is 330 g/mol. The average Bonchev–Trinajstić information content (AvgIpc) is 3.01. The van der Waals surface area contributed by atoms with Gasteiger partial charge in [0, 0.05) is 5.69 Å². The molecule has 23 heavy (non-hydrogen) atoms. The van der Waals surface area contributed by atoms with Gasteiger partial charge in [-0.1, -0.05) is 6.07 Å². The van der Waals surface area contributed by atoms with Gasteiger partial charge in [-0.3, -0.25) is 4.72 Å². The van der Waals surface area contributed by atoms with Gasteiger partial charge in [0.1, 0.15) is 11.8 Å². The largest absolute Gasteiger partial charge is 0.479 e. The Morgan fingerprint density at radius 2 is 1.87 bits per heavy atom. The molecule has 7 heteroatoms. The van der Waals surface area contributed by atoms with E-state index in [-0.39, 0.29) is 11.5 Å². The fourth-order valence-electron chi connectivity index (χ4n) is 2.26. The number of nitriles is 1. The Bertz CT molecular complexity index is 855. The van der Waals surface area contributed by atoms with Gasteiger partial charge in [-0.15, -0.1) is 0 Å². The number of benzene rings is 2. The van der Waals surface area contributed by atoms with E-state index in [0.717, 1.165) is 11.1 Å². The van der Waals surface area contributed by atoms with Crippen molar-refractivity contribution in [2.45, 2.75) is 18.1 Å². The smallest absolute Gasteiger partial charge is 0.261 e. The zero-order valence-corrected chi connectivity index (χ0v) is 13.0. The molecule has 1 aliphatic rings. The van der Waals surface area contributed by atoms with E-state index >= 15 is 0 Å². The number of hydrogen-bond acceptors (Lipinski definition) is 5. The van der Waals surface area contributed by atoms with Crippen molar-refractivity contribution in [1.29, 1.82) is 5.26 Å². The van der Waals surface area contributed by atoms with Crippen LogP contribution < -0.4 is 9.46 Å². The number of ether oxygens (including phenoxy) is 2. The van der Waals surface area contributed by atoms with Crippen molar-refractivity contribution < 1.29 is 17.9 Å². The van der Waals surface area contributed by atoms with Crippen LogP contribution in [0, 0.1) is 11.3 Å². The van der Waals surface area contributed by atoms with E-state index in [1.165, 1.54) is 0 Å². The SMILES string of the molecule is N#CCOc1ccc(NS(=O)(=O)c2ccc3c(c2)COC3)cc1. The summed E-state index contributed by atoms with van der Waals surface area (Å²) in [4.78, 5) is 0.201. The second-order valence-electron chi connectivity index (χ2n) is 5.00. The van der Waals surface area contributed by atoms with Crippen molar-refractivity contribution in [2.24, 2.45) is 0 Å². The van der Waals surface area contributed by atoms with E-state index in [4.69, 9.17) is 14.7 Å². The van der Waals surface area contributed by atoms with Crippen LogP contribution in [0.15, 0.2) is 47.4 Å². The molecule has 0 saturated heterocycles. The minimum atomic E-state index is -3.66. The molecule has 0 saturated carbocycles. The Morgan fingerprint density at radius 3 is 2.61 bits per heavy atom. The predicted molar refractivity (Wildman–Crippen MR) is 83.3 cm³/mol. The summed E-state index contributed by atoms with van der Waals surface area (Å²) in [5.41, 5.74) is 2.34. The van der Waals surface area contributed by atoms with Crippen LogP contribution in [0.3, 0.4) is 0 Å². The fraction of sp³-hybridized carbons (Fsp3) is 0.188. The molecular weight excluding hydrogens is 316 g/mol. The van der Waals surface area contributed by atoms with Gasteiger partial charge in [0.2, 0.25) is 0 Å². The molecule has 2 aromatic rings. The van der Waals surface area contributed by atoms with Crippen LogP contribution in [-0.4, -0.2) is 15.0 Å². The van der Waals surface area contributed by atoms with Crippen LogP contribution in [-0.2, 0) is 28.0 Å². The zero-order chi connectivity index (χ0) is 16.3. The standard InChI is InChI=1S/C16H14N2O4S/c17-7-8-22-15-4-2-14(3-5-15)18-23(19,20)16-6-1-12-10-21-11-13(12)9-16/h1-6,9,18H,8,10-11H2. The number of sulfonamides is 1. The predicted octanol–water partition coefficient (Wildman–Crippen LogP) is 2.42. The van der Waals surface area contributed by atoms with Gasteiger partial charge in [-0.05, 0) is 47.5 Å². The molecule has 0 bridgehead atoms. The molecule has 2 aromatic carbocycles. The topological polar surface area (TPSA) is 88.4 Å².